The van der Waals surface area contributed by atoms with E-state index in [1.54, 1.807) is 6.07 Å². The molecule has 2 N–H and O–H groups in total. The van der Waals surface area contributed by atoms with E-state index in [4.69, 9.17) is 5.73 Å². The van der Waals surface area contributed by atoms with Crippen LogP contribution in [-0.2, 0) is 17.2 Å². The van der Waals surface area contributed by atoms with Crippen molar-refractivity contribution in [2.75, 3.05) is 11.5 Å². The lowest BCUT2D eigenvalue weighted by molar-refractivity contribution is 0.623. The maximum Gasteiger partial charge on any atom is 0.126 e. The maximum absolute atomic E-state index is 13.2. The predicted octanol–water partition coefficient (Wildman–Crippen LogP) is 3.54. The zero-order chi connectivity index (χ0) is 14.4. The Kier molecular flexibility index (Phi) is 5.30. The van der Waals surface area contributed by atoms with E-state index in [2.05, 4.69) is 12.1 Å². The highest BCUT2D eigenvalue weighted by molar-refractivity contribution is 7.85. The van der Waals surface area contributed by atoms with E-state index in [-0.39, 0.29) is 0 Å². The Labute approximate surface area is 121 Å². The third kappa shape index (κ3) is 4.46. The molecule has 0 saturated carbocycles. The van der Waals surface area contributed by atoms with Crippen LogP contribution in [0.25, 0.3) is 0 Å². The number of hydrogen-bond donors (Lipinski definition) is 1. The van der Waals surface area contributed by atoms with E-state index in [0.29, 0.717) is 16.3 Å². The monoisotopic (exact) mass is 291 g/mol. The van der Waals surface area contributed by atoms with Crippen LogP contribution in [0.2, 0.25) is 0 Å². The summed E-state index contributed by atoms with van der Waals surface area (Å²) in [6.07, 6.45) is 2.79. The topological polar surface area (TPSA) is 43.1 Å². The van der Waals surface area contributed by atoms with Gasteiger partial charge in [-0.1, -0.05) is 30.3 Å². The van der Waals surface area contributed by atoms with Crippen molar-refractivity contribution < 1.29 is 8.60 Å². The number of benzene rings is 2. The molecule has 0 bridgehead atoms. The highest BCUT2D eigenvalue weighted by atomic mass is 32.2. The number of halogens is 1. The minimum atomic E-state index is -1.18. The lowest BCUT2D eigenvalue weighted by Gasteiger charge is -2.04. The van der Waals surface area contributed by atoms with Gasteiger partial charge in [0.25, 0.3) is 0 Å². The van der Waals surface area contributed by atoms with Crippen LogP contribution in [0.5, 0.6) is 0 Å². The van der Waals surface area contributed by atoms with E-state index in [1.807, 2.05) is 18.2 Å². The Hall–Kier alpha value is -1.68. The number of nitrogen functional groups attached to an aromatic ring is 1. The van der Waals surface area contributed by atoms with Gasteiger partial charge in [0.05, 0.1) is 10.8 Å². The minimum absolute atomic E-state index is 0.317. The van der Waals surface area contributed by atoms with Crippen LogP contribution >= 0.6 is 0 Å². The van der Waals surface area contributed by atoms with Gasteiger partial charge in [0.15, 0.2) is 0 Å². The van der Waals surface area contributed by atoms with Crippen molar-refractivity contribution in [1.82, 2.24) is 0 Å². The average molecular weight is 291 g/mol. The van der Waals surface area contributed by atoms with Crippen LogP contribution in [0.4, 0.5) is 10.1 Å². The Morgan fingerprint density at radius 1 is 1.05 bits per heavy atom. The summed E-state index contributed by atoms with van der Waals surface area (Å²) >= 11 is 0. The summed E-state index contributed by atoms with van der Waals surface area (Å²) in [6, 6.07) is 14.3. The second-order valence-electron chi connectivity index (χ2n) is 4.71. The molecule has 106 valence electrons. The Balaban J connectivity index is 1.80. The summed E-state index contributed by atoms with van der Waals surface area (Å²) in [5.74, 6) is 0.105. The van der Waals surface area contributed by atoms with Crippen molar-refractivity contribution in [3.8, 4) is 0 Å². The van der Waals surface area contributed by atoms with Crippen LogP contribution < -0.4 is 5.73 Å². The largest absolute Gasteiger partial charge is 0.399 e. The van der Waals surface area contributed by atoms with Gasteiger partial charge in [-0.25, -0.2) is 4.39 Å². The summed E-state index contributed by atoms with van der Waals surface area (Å²) in [6.45, 7) is 0. The molecule has 0 aliphatic rings. The molecule has 0 aromatic heterocycles. The first-order valence-corrected chi connectivity index (χ1v) is 7.95. The molecule has 2 nitrogen and oxygen atoms in total. The first-order chi connectivity index (χ1) is 9.65. The van der Waals surface area contributed by atoms with E-state index in [0.717, 1.165) is 19.3 Å². The predicted molar refractivity (Wildman–Crippen MR) is 81.5 cm³/mol. The standard InChI is InChI=1S/C16H18FNOS/c17-14-10-15(18)12-16(11-14)20(19)9-5-4-8-13-6-2-1-3-7-13/h1-3,6-7,10-12H,4-5,8-9,18H2. The Morgan fingerprint density at radius 3 is 2.50 bits per heavy atom. The van der Waals surface area contributed by atoms with Gasteiger partial charge < -0.3 is 5.73 Å². The molecule has 0 radical (unpaired) electrons. The summed E-state index contributed by atoms with van der Waals surface area (Å²) in [5, 5.41) is 0. The fourth-order valence-electron chi connectivity index (χ4n) is 2.04. The molecule has 0 amide bonds. The molecule has 2 rings (SSSR count). The fraction of sp³-hybridized carbons (Fsp3) is 0.250. The molecular formula is C16H18FNOS. The maximum atomic E-state index is 13.2. The summed E-state index contributed by atoms with van der Waals surface area (Å²) in [4.78, 5) is 0.474. The van der Waals surface area contributed by atoms with Crippen molar-refractivity contribution in [2.24, 2.45) is 0 Å². The van der Waals surface area contributed by atoms with Crippen molar-refractivity contribution in [1.29, 1.82) is 0 Å². The normalized spacial score (nSPS) is 12.2. The lowest BCUT2D eigenvalue weighted by atomic mass is 10.1. The lowest BCUT2D eigenvalue weighted by Crippen LogP contribution is -2.01. The van der Waals surface area contributed by atoms with E-state index in [9.17, 15) is 8.60 Å². The van der Waals surface area contributed by atoms with Gasteiger partial charge in [0.1, 0.15) is 5.82 Å². The molecule has 2 aromatic carbocycles. The second kappa shape index (κ2) is 7.20. The van der Waals surface area contributed by atoms with Gasteiger partial charge in [0, 0.05) is 16.3 Å². The first-order valence-electron chi connectivity index (χ1n) is 6.63. The minimum Gasteiger partial charge on any atom is -0.399 e. The van der Waals surface area contributed by atoms with Gasteiger partial charge in [-0.3, -0.25) is 4.21 Å². The molecule has 0 fully saturated rings. The summed E-state index contributed by atoms with van der Waals surface area (Å²) < 4.78 is 25.2. The number of unbranched alkanes of at least 4 members (excludes halogenated alkanes) is 1. The van der Waals surface area contributed by atoms with Crippen LogP contribution in [0.15, 0.2) is 53.4 Å². The highest BCUT2D eigenvalue weighted by Gasteiger charge is 2.06. The van der Waals surface area contributed by atoms with E-state index < -0.39 is 16.6 Å². The van der Waals surface area contributed by atoms with Crippen molar-refractivity contribution >= 4 is 16.5 Å². The smallest absolute Gasteiger partial charge is 0.126 e. The number of anilines is 1. The molecule has 0 heterocycles. The van der Waals surface area contributed by atoms with Crippen LogP contribution in [0, 0.1) is 5.82 Å². The SMILES string of the molecule is Nc1cc(F)cc(S(=O)CCCCc2ccccc2)c1. The van der Waals surface area contributed by atoms with Crippen molar-refractivity contribution in [2.45, 2.75) is 24.2 Å². The number of nitrogens with two attached hydrogens (primary N) is 1. The van der Waals surface area contributed by atoms with E-state index >= 15 is 0 Å². The third-order valence-corrected chi connectivity index (χ3v) is 4.47. The summed E-state index contributed by atoms with van der Waals surface area (Å²) in [7, 11) is -1.18. The van der Waals surface area contributed by atoms with Gasteiger partial charge in [-0.15, -0.1) is 0 Å². The molecule has 1 atom stereocenters. The average Bonchev–Trinajstić information content (AvgIpc) is 2.43. The molecule has 4 heteroatoms. The molecule has 0 aliphatic carbocycles. The van der Waals surface area contributed by atoms with Crippen molar-refractivity contribution in [3.05, 3.63) is 59.9 Å². The van der Waals surface area contributed by atoms with Gasteiger partial charge in [0.2, 0.25) is 0 Å². The van der Waals surface area contributed by atoms with Crippen molar-refractivity contribution in [3.63, 3.8) is 0 Å². The summed E-state index contributed by atoms with van der Waals surface area (Å²) in [5.41, 5.74) is 7.16. The molecule has 0 spiro atoms. The molecule has 0 aliphatic heterocycles. The zero-order valence-electron chi connectivity index (χ0n) is 11.2. The van der Waals surface area contributed by atoms with Crippen LogP contribution in [0.1, 0.15) is 18.4 Å². The Morgan fingerprint density at radius 2 is 1.80 bits per heavy atom. The van der Waals surface area contributed by atoms with Gasteiger partial charge in [-0.05, 0) is 43.0 Å². The number of rotatable bonds is 6. The molecular weight excluding hydrogens is 273 g/mol. The van der Waals surface area contributed by atoms with Gasteiger partial charge >= 0.3 is 0 Å². The first kappa shape index (κ1) is 14.7. The third-order valence-electron chi connectivity index (χ3n) is 3.04. The molecule has 20 heavy (non-hydrogen) atoms. The molecule has 0 saturated heterocycles. The molecule has 1 unspecified atom stereocenters. The second-order valence-corrected chi connectivity index (χ2v) is 6.28. The quantitative estimate of drug-likeness (QED) is 0.653. The zero-order valence-corrected chi connectivity index (χ0v) is 12.0. The van der Waals surface area contributed by atoms with Gasteiger partial charge in [-0.2, -0.15) is 0 Å². The van der Waals surface area contributed by atoms with Crippen LogP contribution in [0.3, 0.4) is 0 Å². The van der Waals surface area contributed by atoms with Crippen LogP contribution in [-0.4, -0.2) is 9.96 Å². The van der Waals surface area contributed by atoms with E-state index in [1.165, 1.54) is 17.7 Å². The number of aryl methyl sites for hydroxylation is 1. The highest BCUT2D eigenvalue weighted by Crippen LogP contribution is 2.16. The fourth-order valence-corrected chi connectivity index (χ4v) is 3.25. The Bertz CT molecular complexity index is 566. The number of hydrogen-bond acceptors (Lipinski definition) is 2. The molecule has 2 aromatic rings.